The van der Waals surface area contributed by atoms with Crippen LogP contribution < -0.4 is 5.32 Å². The Balaban J connectivity index is 1.87. The average molecular weight is 261 g/mol. The lowest BCUT2D eigenvalue weighted by Crippen LogP contribution is -2.45. The number of hydrogen-bond donors (Lipinski definition) is 1. The lowest BCUT2D eigenvalue weighted by atomic mass is 9.92. The number of halogens is 3. The SMILES string of the molecule is CCn1ccnc1CC1CCC(C(F)(F)F)CN1. The Bertz CT molecular complexity index is 378. The van der Waals surface area contributed by atoms with E-state index in [4.69, 9.17) is 0 Å². The molecule has 0 saturated carbocycles. The molecule has 0 bridgehead atoms. The summed E-state index contributed by atoms with van der Waals surface area (Å²) < 4.78 is 39.5. The number of nitrogens with zero attached hydrogens (tertiary/aromatic N) is 2. The molecule has 102 valence electrons. The summed E-state index contributed by atoms with van der Waals surface area (Å²) >= 11 is 0. The average Bonchev–Trinajstić information content (AvgIpc) is 2.76. The molecule has 1 aliphatic heterocycles. The van der Waals surface area contributed by atoms with Gasteiger partial charge in [0, 0.05) is 37.9 Å². The molecule has 1 aromatic rings. The monoisotopic (exact) mass is 261 g/mol. The van der Waals surface area contributed by atoms with Crippen molar-refractivity contribution < 1.29 is 13.2 Å². The third-order valence-corrected chi connectivity index (χ3v) is 3.55. The molecule has 2 atom stereocenters. The molecule has 0 aromatic carbocycles. The van der Waals surface area contributed by atoms with Gasteiger partial charge in [0.25, 0.3) is 0 Å². The van der Waals surface area contributed by atoms with Gasteiger partial charge in [-0.15, -0.1) is 0 Å². The normalized spacial score (nSPS) is 25.3. The van der Waals surface area contributed by atoms with Gasteiger partial charge in [0.15, 0.2) is 0 Å². The van der Waals surface area contributed by atoms with Gasteiger partial charge in [-0.3, -0.25) is 0 Å². The molecule has 1 aromatic heterocycles. The second-order valence-corrected chi connectivity index (χ2v) is 4.75. The Labute approximate surface area is 104 Å². The maximum absolute atomic E-state index is 12.5. The van der Waals surface area contributed by atoms with Crippen LogP contribution in [0.5, 0.6) is 0 Å². The second kappa shape index (κ2) is 5.30. The molecular formula is C12H18F3N3. The molecule has 1 fully saturated rings. The van der Waals surface area contributed by atoms with Crippen molar-refractivity contribution in [1.82, 2.24) is 14.9 Å². The largest absolute Gasteiger partial charge is 0.393 e. The molecule has 0 spiro atoms. The Morgan fingerprint density at radius 1 is 1.44 bits per heavy atom. The van der Waals surface area contributed by atoms with Crippen LogP contribution in [0.3, 0.4) is 0 Å². The zero-order valence-corrected chi connectivity index (χ0v) is 10.4. The van der Waals surface area contributed by atoms with Crippen LogP contribution in [0.4, 0.5) is 13.2 Å². The van der Waals surface area contributed by atoms with Crippen LogP contribution in [0.25, 0.3) is 0 Å². The summed E-state index contributed by atoms with van der Waals surface area (Å²) in [6.07, 6.45) is 1.04. The van der Waals surface area contributed by atoms with Crippen LogP contribution in [0.2, 0.25) is 0 Å². The van der Waals surface area contributed by atoms with Crippen molar-refractivity contribution >= 4 is 0 Å². The summed E-state index contributed by atoms with van der Waals surface area (Å²) in [5, 5.41) is 2.99. The molecular weight excluding hydrogens is 243 g/mol. The first-order chi connectivity index (χ1) is 8.50. The highest BCUT2D eigenvalue weighted by atomic mass is 19.4. The van der Waals surface area contributed by atoms with Crippen LogP contribution in [0.15, 0.2) is 12.4 Å². The fourth-order valence-electron chi connectivity index (χ4n) is 2.41. The molecule has 18 heavy (non-hydrogen) atoms. The van der Waals surface area contributed by atoms with Gasteiger partial charge in [-0.05, 0) is 19.8 Å². The lowest BCUT2D eigenvalue weighted by molar-refractivity contribution is -0.179. The maximum Gasteiger partial charge on any atom is 0.393 e. The summed E-state index contributed by atoms with van der Waals surface area (Å²) in [4.78, 5) is 4.25. The Hall–Kier alpha value is -1.04. The van der Waals surface area contributed by atoms with E-state index in [2.05, 4.69) is 10.3 Å². The number of piperidine rings is 1. The molecule has 0 amide bonds. The summed E-state index contributed by atoms with van der Waals surface area (Å²) in [6.45, 7) is 2.90. The van der Waals surface area contributed by atoms with Gasteiger partial charge in [0.2, 0.25) is 0 Å². The number of imidazole rings is 1. The van der Waals surface area contributed by atoms with E-state index in [1.54, 1.807) is 6.20 Å². The number of alkyl halides is 3. The molecule has 0 aliphatic carbocycles. The van der Waals surface area contributed by atoms with E-state index in [0.29, 0.717) is 12.8 Å². The Morgan fingerprint density at radius 3 is 2.78 bits per heavy atom. The molecule has 1 saturated heterocycles. The molecule has 2 heterocycles. The first kappa shape index (κ1) is 13.4. The maximum atomic E-state index is 12.5. The Morgan fingerprint density at radius 2 is 2.22 bits per heavy atom. The minimum atomic E-state index is -4.07. The predicted molar refractivity (Wildman–Crippen MR) is 62.2 cm³/mol. The molecule has 3 nitrogen and oxygen atoms in total. The zero-order valence-electron chi connectivity index (χ0n) is 10.4. The minimum Gasteiger partial charge on any atom is -0.335 e. The fourth-order valence-corrected chi connectivity index (χ4v) is 2.41. The molecule has 2 unspecified atom stereocenters. The third-order valence-electron chi connectivity index (χ3n) is 3.55. The second-order valence-electron chi connectivity index (χ2n) is 4.75. The van der Waals surface area contributed by atoms with Crippen molar-refractivity contribution in [3.05, 3.63) is 18.2 Å². The molecule has 0 radical (unpaired) electrons. The molecule has 1 N–H and O–H groups in total. The van der Waals surface area contributed by atoms with Crippen LogP contribution >= 0.6 is 0 Å². The summed E-state index contributed by atoms with van der Waals surface area (Å²) in [5.74, 6) is -0.250. The van der Waals surface area contributed by atoms with E-state index in [1.165, 1.54) is 0 Å². The number of hydrogen-bond acceptors (Lipinski definition) is 2. The first-order valence-electron chi connectivity index (χ1n) is 6.30. The standard InChI is InChI=1S/C12H18F3N3/c1-2-18-6-5-16-11(18)7-10-4-3-9(8-17-10)12(13,14)15/h5-6,9-10,17H,2-4,7-8H2,1H3. The van der Waals surface area contributed by atoms with Crippen molar-refractivity contribution in [1.29, 1.82) is 0 Å². The third kappa shape index (κ3) is 3.04. The lowest BCUT2D eigenvalue weighted by Gasteiger charge is -2.31. The summed E-state index contributed by atoms with van der Waals surface area (Å²) in [7, 11) is 0. The highest BCUT2D eigenvalue weighted by Crippen LogP contribution is 2.32. The van der Waals surface area contributed by atoms with Crippen molar-refractivity contribution in [3.63, 3.8) is 0 Å². The van der Waals surface area contributed by atoms with Crippen molar-refractivity contribution in [2.75, 3.05) is 6.54 Å². The summed E-state index contributed by atoms with van der Waals surface area (Å²) in [6, 6.07) is 0.108. The van der Waals surface area contributed by atoms with Crippen molar-refractivity contribution in [2.24, 2.45) is 5.92 Å². The Kier molecular flexibility index (Phi) is 3.94. The van der Waals surface area contributed by atoms with Gasteiger partial charge in [-0.1, -0.05) is 0 Å². The van der Waals surface area contributed by atoms with Crippen LogP contribution in [-0.2, 0) is 13.0 Å². The van der Waals surface area contributed by atoms with Gasteiger partial charge in [0.1, 0.15) is 5.82 Å². The van der Waals surface area contributed by atoms with E-state index in [1.807, 2.05) is 17.7 Å². The highest BCUT2D eigenvalue weighted by molar-refractivity contribution is 4.97. The zero-order chi connectivity index (χ0) is 13.2. The van der Waals surface area contributed by atoms with Gasteiger partial charge >= 0.3 is 6.18 Å². The van der Waals surface area contributed by atoms with Gasteiger partial charge in [-0.25, -0.2) is 4.98 Å². The van der Waals surface area contributed by atoms with Gasteiger partial charge < -0.3 is 9.88 Å². The number of aryl methyl sites for hydroxylation is 1. The molecule has 1 aliphatic rings. The van der Waals surface area contributed by atoms with Crippen LogP contribution in [0, 0.1) is 5.92 Å². The summed E-state index contributed by atoms with van der Waals surface area (Å²) in [5.41, 5.74) is 0. The van der Waals surface area contributed by atoms with E-state index < -0.39 is 12.1 Å². The van der Waals surface area contributed by atoms with E-state index in [0.717, 1.165) is 12.4 Å². The van der Waals surface area contributed by atoms with Gasteiger partial charge in [-0.2, -0.15) is 13.2 Å². The number of nitrogens with one attached hydrogen (secondary N) is 1. The minimum absolute atomic E-state index is 0.0288. The first-order valence-corrected chi connectivity index (χ1v) is 6.30. The van der Waals surface area contributed by atoms with Gasteiger partial charge in [0.05, 0.1) is 5.92 Å². The van der Waals surface area contributed by atoms with Crippen LogP contribution in [-0.4, -0.2) is 28.3 Å². The van der Waals surface area contributed by atoms with E-state index in [9.17, 15) is 13.2 Å². The molecule has 2 rings (SSSR count). The van der Waals surface area contributed by atoms with E-state index >= 15 is 0 Å². The fraction of sp³-hybridized carbons (Fsp3) is 0.750. The van der Waals surface area contributed by atoms with Crippen molar-refractivity contribution in [3.8, 4) is 0 Å². The highest BCUT2D eigenvalue weighted by Gasteiger charge is 2.41. The topological polar surface area (TPSA) is 29.9 Å². The predicted octanol–water partition coefficient (Wildman–Crippen LogP) is 2.38. The molecule has 6 heteroatoms. The number of rotatable bonds is 3. The number of aromatic nitrogens is 2. The van der Waals surface area contributed by atoms with E-state index in [-0.39, 0.29) is 19.0 Å². The quantitative estimate of drug-likeness (QED) is 0.905. The van der Waals surface area contributed by atoms with Crippen molar-refractivity contribution in [2.45, 2.75) is 44.9 Å². The smallest absolute Gasteiger partial charge is 0.335 e. The van der Waals surface area contributed by atoms with Crippen LogP contribution in [0.1, 0.15) is 25.6 Å².